The fourth-order valence-electron chi connectivity index (χ4n) is 5.42. The lowest BCUT2D eigenvalue weighted by molar-refractivity contribution is -0.132. The molecule has 1 aliphatic heterocycles. The van der Waals surface area contributed by atoms with Gasteiger partial charge in [0.25, 0.3) is 0 Å². The van der Waals surface area contributed by atoms with Gasteiger partial charge in [-0.1, -0.05) is 60.7 Å². The molecule has 2 heterocycles. The fraction of sp³-hybridized carbons (Fsp3) is 0.393. The maximum absolute atomic E-state index is 13.0. The third-order valence-corrected chi connectivity index (χ3v) is 8.21. The number of thiazole rings is 1. The summed E-state index contributed by atoms with van der Waals surface area (Å²) in [7, 11) is 0. The van der Waals surface area contributed by atoms with E-state index in [1.54, 1.807) is 5.51 Å². The van der Waals surface area contributed by atoms with Gasteiger partial charge in [-0.25, -0.2) is 4.98 Å². The molecule has 3 aromatic rings. The molecule has 2 aromatic carbocycles. The Morgan fingerprint density at radius 3 is 2.26 bits per heavy atom. The summed E-state index contributed by atoms with van der Waals surface area (Å²) >= 11 is 1.52. The van der Waals surface area contributed by atoms with Gasteiger partial charge in [0.05, 0.1) is 17.6 Å². The highest BCUT2D eigenvalue weighted by molar-refractivity contribution is 7.07. The lowest BCUT2D eigenvalue weighted by Gasteiger charge is -2.32. The zero-order chi connectivity index (χ0) is 23.4. The Balaban J connectivity index is 1.11. The molecule has 0 unspecified atom stereocenters. The van der Waals surface area contributed by atoms with Gasteiger partial charge in [0.2, 0.25) is 11.8 Å². The summed E-state index contributed by atoms with van der Waals surface area (Å²) in [4.78, 5) is 31.7. The van der Waals surface area contributed by atoms with Crippen LogP contribution in [0.2, 0.25) is 0 Å². The van der Waals surface area contributed by atoms with Crippen molar-refractivity contribution in [2.24, 2.45) is 11.3 Å². The van der Waals surface area contributed by atoms with Crippen LogP contribution in [0.25, 0.3) is 0 Å². The van der Waals surface area contributed by atoms with Crippen LogP contribution in [-0.4, -0.2) is 41.3 Å². The molecule has 176 valence electrons. The first-order chi connectivity index (χ1) is 16.6. The SMILES string of the molecule is O=C(NCCC(c1ccccc1)c1ccccc1)[C@H]1CC12CCN(C(=O)Cc1cscn1)CC2. The number of carbonyl (C=O) groups is 2. The zero-order valence-corrected chi connectivity index (χ0v) is 20.2. The minimum absolute atomic E-state index is 0.0928. The third kappa shape index (κ3) is 5.07. The van der Waals surface area contributed by atoms with Crippen LogP contribution >= 0.6 is 11.3 Å². The Morgan fingerprint density at radius 1 is 1.03 bits per heavy atom. The monoisotopic (exact) mass is 473 g/mol. The maximum Gasteiger partial charge on any atom is 0.228 e. The van der Waals surface area contributed by atoms with Crippen molar-refractivity contribution in [1.29, 1.82) is 0 Å². The molecule has 34 heavy (non-hydrogen) atoms. The molecule has 2 amide bonds. The smallest absolute Gasteiger partial charge is 0.228 e. The number of benzene rings is 2. The van der Waals surface area contributed by atoms with Crippen LogP contribution in [0, 0.1) is 11.3 Å². The van der Waals surface area contributed by atoms with Crippen molar-refractivity contribution in [3.63, 3.8) is 0 Å². The van der Waals surface area contributed by atoms with E-state index in [1.807, 2.05) is 22.4 Å². The van der Waals surface area contributed by atoms with E-state index in [1.165, 1.54) is 22.5 Å². The van der Waals surface area contributed by atoms with Crippen LogP contribution in [0.1, 0.15) is 48.4 Å². The highest BCUT2D eigenvalue weighted by Gasteiger charge is 2.58. The summed E-state index contributed by atoms with van der Waals surface area (Å²) < 4.78 is 0. The van der Waals surface area contributed by atoms with E-state index >= 15 is 0 Å². The molecule has 0 bridgehead atoms. The van der Waals surface area contributed by atoms with Crippen molar-refractivity contribution in [2.45, 2.75) is 38.0 Å². The van der Waals surface area contributed by atoms with Gasteiger partial charge in [-0.05, 0) is 42.2 Å². The molecular formula is C28H31N3O2S. The van der Waals surface area contributed by atoms with E-state index in [9.17, 15) is 9.59 Å². The topological polar surface area (TPSA) is 62.3 Å². The van der Waals surface area contributed by atoms with Crippen molar-refractivity contribution < 1.29 is 9.59 Å². The Hall–Kier alpha value is -2.99. The Morgan fingerprint density at radius 2 is 1.68 bits per heavy atom. The van der Waals surface area contributed by atoms with Gasteiger partial charge in [-0.15, -0.1) is 11.3 Å². The van der Waals surface area contributed by atoms with Crippen molar-refractivity contribution in [1.82, 2.24) is 15.2 Å². The Bertz CT molecular complexity index is 1050. The summed E-state index contributed by atoms with van der Waals surface area (Å²) in [5, 5.41) is 5.16. The molecule has 2 aliphatic rings. The van der Waals surface area contributed by atoms with Crippen molar-refractivity contribution in [3.8, 4) is 0 Å². The van der Waals surface area contributed by atoms with Crippen molar-refractivity contribution >= 4 is 23.2 Å². The average Bonchev–Trinajstić information content (AvgIpc) is 3.32. The average molecular weight is 474 g/mol. The largest absolute Gasteiger partial charge is 0.356 e. The number of nitrogens with zero attached hydrogens (tertiary/aromatic N) is 2. The molecule has 2 fully saturated rings. The molecule has 1 spiro atoms. The fourth-order valence-corrected chi connectivity index (χ4v) is 5.98. The summed E-state index contributed by atoms with van der Waals surface area (Å²) in [6.45, 7) is 2.16. The second-order valence-corrected chi connectivity index (χ2v) is 10.3. The highest BCUT2D eigenvalue weighted by Crippen LogP contribution is 2.59. The van der Waals surface area contributed by atoms with Gasteiger partial charge in [0.1, 0.15) is 0 Å². The standard InChI is InChI=1S/C28H31N3O2S/c32-26(17-23-19-34-20-30-23)31-15-12-28(13-16-31)18-25(28)27(33)29-14-11-24(21-7-3-1-4-8-21)22-9-5-2-6-10-22/h1-10,19-20,24-25H,11-18H2,(H,29,33)/t25-/m1/s1. The number of likely N-dealkylation sites (tertiary alicyclic amines) is 1. The second kappa shape index (κ2) is 10.1. The second-order valence-electron chi connectivity index (χ2n) is 9.61. The molecule has 1 N–H and O–H groups in total. The number of nitrogens with one attached hydrogen (secondary N) is 1. The predicted octanol–water partition coefficient (Wildman–Crippen LogP) is 4.65. The van der Waals surface area contributed by atoms with E-state index < -0.39 is 0 Å². The van der Waals surface area contributed by atoms with Crippen LogP contribution in [0.15, 0.2) is 71.6 Å². The Labute approximate surface area is 205 Å². The molecule has 1 aliphatic carbocycles. The Kier molecular flexibility index (Phi) is 6.77. The third-order valence-electron chi connectivity index (χ3n) is 7.57. The van der Waals surface area contributed by atoms with E-state index in [0.717, 1.165) is 44.5 Å². The first kappa shape index (κ1) is 22.8. The maximum atomic E-state index is 13.0. The summed E-state index contributed by atoms with van der Waals surface area (Å²) in [5.74, 6) is 0.690. The lowest BCUT2D eigenvalue weighted by Crippen LogP contribution is -2.41. The van der Waals surface area contributed by atoms with E-state index in [-0.39, 0.29) is 29.1 Å². The molecule has 1 atom stereocenters. The number of carbonyl (C=O) groups excluding carboxylic acids is 2. The van der Waals surface area contributed by atoms with Crippen LogP contribution in [0.5, 0.6) is 0 Å². The highest BCUT2D eigenvalue weighted by atomic mass is 32.1. The molecule has 1 saturated carbocycles. The summed E-state index contributed by atoms with van der Waals surface area (Å²) in [6.07, 6.45) is 4.05. The minimum atomic E-state index is 0.0928. The molecule has 1 aromatic heterocycles. The quantitative estimate of drug-likeness (QED) is 0.518. The molecule has 0 radical (unpaired) electrons. The molecular weight excluding hydrogens is 442 g/mol. The van der Waals surface area contributed by atoms with Gasteiger partial charge in [-0.2, -0.15) is 0 Å². The van der Waals surface area contributed by atoms with Gasteiger partial charge < -0.3 is 10.2 Å². The zero-order valence-electron chi connectivity index (χ0n) is 19.4. The number of rotatable bonds is 8. The lowest BCUT2D eigenvalue weighted by atomic mass is 9.88. The molecule has 6 heteroatoms. The molecule has 5 nitrogen and oxygen atoms in total. The predicted molar refractivity (Wildman–Crippen MR) is 135 cm³/mol. The van der Waals surface area contributed by atoms with Gasteiger partial charge in [0.15, 0.2) is 0 Å². The van der Waals surface area contributed by atoms with Crippen LogP contribution in [-0.2, 0) is 16.0 Å². The first-order valence-corrected chi connectivity index (χ1v) is 13.1. The summed E-state index contributed by atoms with van der Waals surface area (Å²) in [6, 6.07) is 21.0. The number of piperidine rings is 1. The normalized spacial score (nSPS) is 18.7. The van der Waals surface area contributed by atoms with E-state index in [2.05, 4.69) is 58.8 Å². The van der Waals surface area contributed by atoms with Crippen LogP contribution < -0.4 is 5.32 Å². The minimum Gasteiger partial charge on any atom is -0.356 e. The van der Waals surface area contributed by atoms with Gasteiger partial charge in [0, 0.05) is 36.9 Å². The van der Waals surface area contributed by atoms with Crippen molar-refractivity contribution in [2.75, 3.05) is 19.6 Å². The van der Waals surface area contributed by atoms with Crippen molar-refractivity contribution in [3.05, 3.63) is 88.4 Å². The molecule has 5 rings (SSSR count). The van der Waals surface area contributed by atoms with Crippen LogP contribution in [0.3, 0.4) is 0 Å². The van der Waals surface area contributed by atoms with Crippen LogP contribution in [0.4, 0.5) is 0 Å². The van der Waals surface area contributed by atoms with E-state index in [0.29, 0.717) is 13.0 Å². The number of aromatic nitrogens is 1. The van der Waals surface area contributed by atoms with Gasteiger partial charge in [-0.3, -0.25) is 9.59 Å². The number of hydrogen-bond acceptors (Lipinski definition) is 4. The first-order valence-electron chi connectivity index (χ1n) is 12.2. The van der Waals surface area contributed by atoms with E-state index in [4.69, 9.17) is 0 Å². The number of amides is 2. The van der Waals surface area contributed by atoms with Gasteiger partial charge >= 0.3 is 0 Å². The summed E-state index contributed by atoms with van der Waals surface area (Å²) in [5.41, 5.74) is 5.27. The number of hydrogen-bond donors (Lipinski definition) is 1. The molecule has 1 saturated heterocycles.